The van der Waals surface area contributed by atoms with Crippen molar-refractivity contribution >= 4 is 6.98 Å². The molecule has 0 saturated carbocycles. The third kappa shape index (κ3) is 4.53. The Morgan fingerprint density at radius 3 is 2.56 bits per heavy atom. The quantitative estimate of drug-likeness (QED) is 0.728. The normalized spacial score (nSPS) is 11.9. The van der Waals surface area contributed by atoms with Gasteiger partial charge in [-0.15, -0.1) is 12.1 Å². The van der Waals surface area contributed by atoms with Gasteiger partial charge in [0.25, 0.3) is 0 Å². The first-order valence-electron chi connectivity index (χ1n) is 5.85. The maximum absolute atomic E-state index is 12.5. The van der Waals surface area contributed by atoms with Crippen LogP contribution < -0.4 is 0 Å². The van der Waals surface area contributed by atoms with Crippen molar-refractivity contribution in [3.63, 3.8) is 0 Å². The maximum Gasteiger partial charge on any atom is 0.506 e. The largest absolute Gasteiger partial charge is 0.506 e. The van der Waals surface area contributed by atoms with E-state index < -0.39 is 12.4 Å². The topological polar surface area (TPSA) is 16.1 Å². The fraction of sp³-hybridized carbons (Fsp3) is 0.417. The number of pyridine rings is 1. The van der Waals surface area contributed by atoms with Crippen molar-refractivity contribution in [2.24, 2.45) is 0 Å². The molecule has 0 spiro atoms. The highest BCUT2D eigenvalue weighted by molar-refractivity contribution is 6.66. The Labute approximate surface area is 106 Å². The Morgan fingerprint density at radius 2 is 2.06 bits per heavy atom. The predicted octanol–water partition coefficient (Wildman–Crippen LogP) is 3.15. The van der Waals surface area contributed by atoms with Crippen LogP contribution in [0.2, 0.25) is 0 Å². The van der Waals surface area contributed by atoms with Crippen molar-refractivity contribution in [1.29, 1.82) is 0 Å². The average Bonchev–Trinajstić information content (AvgIpc) is 2.26. The molecule has 0 aromatic carbocycles. The van der Waals surface area contributed by atoms with Crippen LogP contribution in [0.3, 0.4) is 0 Å². The molecule has 1 heterocycles. The van der Waals surface area contributed by atoms with Gasteiger partial charge in [-0.1, -0.05) is 13.0 Å². The number of aryl methyl sites for hydroxylation is 1. The average molecular weight is 257 g/mol. The SMILES string of the molecule is C=C(CN(CC)Cc1cccc(C)n1)[B-](F)(F)F. The number of aromatic nitrogens is 1. The molecule has 1 rings (SSSR count). The van der Waals surface area contributed by atoms with Crippen LogP contribution in [0.25, 0.3) is 0 Å². The molecular formula is C12H17BF3N2-. The van der Waals surface area contributed by atoms with Crippen molar-refractivity contribution in [2.75, 3.05) is 13.1 Å². The molecule has 0 saturated heterocycles. The predicted molar refractivity (Wildman–Crippen MR) is 68.1 cm³/mol. The molecule has 18 heavy (non-hydrogen) atoms. The molecule has 100 valence electrons. The minimum absolute atomic E-state index is 0.157. The summed E-state index contributed by atoms with van der Waals surface area (Å²) in [6.07, 6.45) is 0. The third-order valence-electron chi connectivity index (χ3n) is 2.67. The van der Waals surface area contributed by atoms with Crippen LogP contribution in [-0.4, -0.2) is 30.0 Å². The maximum atomic E-state index is 12.5. The molecule has 0 atom stereocenters. The lowest BCUT2D eigenvalue weighted by Crippen LogP contribution is -2.32. The van der Waals surface area contributed by atoms with Crippen LogP contribution in [0.1, 0.15) is 18.3 Å². The van der Waals surface area contributed by atoms with Gasteiger partial charge in [-0.2, -0.15) is 0 Å². The number of rotatable bonds is 6. The molecule has 0 unspecified atom stereocenters. The number of likely N-dealkylation sites (N-methyl/N-ethyl adjacent to an activating group) is 1. The number of hydrogen-bond donors (Lipinski definition) is 0. The summed E-state index contributed by atoms with van der Waals surface area (Å²) in [6, 6.07) is 5.53. The zero-order chi connectivity index (χ0) is 13.8. The number of halogens is 3. The minimum atomic E-state index is -4.96. The molecule has 1 aromatic heterocycles. The van der Waals surface area contributed by atoms with E-state index in [1.807, 2.05) is 32.0 Å². The highest BCUT2D eigenvalue weighted by atomic mass is 19.4. The van der Waals surface area contributed by atoms with Gasteiger partial charge < -0.3 is 12.9 Å². The summed E-state index contributed by atoms with van der Waals surface area (Å²) in [6.45, 7) is 2.62. The molecule has 1 aromatic rings. The molecule has 2 nitrogen and oxygen atoms in total. The Kier molecular flexibility index (Phi) is 4.96. The van der Waals surface area contributed by atoms with Crippen molar-refractivity contribution in [2.45, 2.75) is 20.4 Å². The molecule has 0 aliphatic rings. The van der Waals surface area contributed by atoms with E-state index in [4.69, 9.17) is 0 Å². The van der Waals surface area contributed by atoms with E-state index in [-0.39, 0.29) is 6.54 Å². The Hall–Kier alpha value is -1.30. The Balaban J connectivity index is 2.66. The number of hydrogen-bond acceptors (Lipinski definition) is 2. The van der Waals surface area contributed by atoms with Gasteiger partial charge in [-0.25, -0.2) is 0 Å². The van der Waals surface area contributed by atoms with Crippen LogP contribution in [0, 0.1) is 6.92 Å². The summed E-state index contributed by atoms with van der Waals surface area (Å²) in [5.41, 5.74) is 0.978. The first-order valence-corrected chi connectivity index (χ1v) is 5.85. The van der Waals surface area contributed by atoms with E-state index in [1.54, 1.807) is 4.90 Å². The van der Waals surface area contributed by atoms with E-state index in [1.165, 1.54) is 0 Å². The summed E-state index contributed by atoms with van der Waals surface area (Å²) in [5, 5.41) is 0. The third-order valence-corrected chi connectivity index (χ3v) is 2.67. The van der Waals surface area contributed by atoms with Gasteiger partial charge in [-0.3, -0.25) is 9.88 Å². The fourth-order valence-electron chi connectivity index (χ4n) is 1.59. The highest BCUT2D eigenvalue weighted by Crippen LogP contribution is 2.19. The number of nitrogens with zero attached hydrogens (tertiary/aromatic N) is 2. The lowest BCUT2D eigenvalue weighted by molar-refractivity contribution is 0.298. The first kappa shape index (κ1) is 14.8. The minimum Gasteiger partial charge on any atom is -0.445 e. The van der Waals surface area contributed by atoms with Gasteiger partial charge >= 0.3 is 6.98 Å². The molecule has 0 amide bonds. The van der Waals surface area contributed by atoms with E-state index in [0.717, 1.165) is 11.4 Å². The van der Waals surface area contributed by atoms with Gasteiger partial charge in [-0.05, 0) is 32.1 Å². The van der Waals surface area contributed by atoms with E-state index >= 15 is 0 Å². The zero-order valence-electron chi connectivity index (χ0n) is 10.7. The first-order chi connectivity index (χ1) is 8.32. The van der Waals surface area contributed by atoms with E-state index in [0.29, 0.717) is 13.1 Å². The van der Waals surface area contributed by atoms with Crippen molar-refractivity contribution in [3.8, 4) is 0 Å². The second-order valence-electron chi connectivity index (χ2n) is 4.31. The van der Waals surface area contributed by atoms with E-state index in [2.05, 4.69) is 11.6 Å². The van der Waals surface area contributed by atoms with E-state index in [9.17, 15) is 12.9 Å². The lowest BCUT2D eigenvalue weighted by atomic mass is 9.80. The summed E-state index contributed by atoms with van der Waals surface area (Å²) in [4.78, 5) is 5.96. The standard InChI is InChI=1S/C12H17BF3N2/c1-4-18(8-10(2)13(14,15)16)9-12-7-5-6-11(3)17-12/h5-7H,2,4,8-9H2,1,3H3/q-1. The van der Waals surface area contributed by atoms with Gasteiger partial charge in [0, 0.05) is 12.2 Å². The van der Waals surface area contributed by atoms with Gasteiger partial charge in [0.2, 0.25) is 0 Å². The second kappa shape index (κ2) is 6.04. The molecule has 0 aliphatic heterocycles. The van der Waals surface area contributed by atoms with Crippen LogP contribution in [0.4, 0.5) is 12.9 Å². The molecule has 0 aliphatic carbocycles. The molecular weight excluding hydrogens is 240 g/mol. The lowest BCUT2D eigenvalue weighted by Gasteiger charge is -2.26. The van der Waals surface area contributed by atoms with Crippen LogP contribution in [-0.2, 0) is 6.54 Å². The highest BCUT2D eigenvalue weighted by Gasteiger charge is 2.27. The van der Waals surface area contributed by atoms with Crippen molar-refractivity contribution in [3.05, 3.63) is 41.6 Å². The molecule has 0 radical (unpaired) electrons. The zero-order valence-corrected chi connectivity index (χ0v) is 10.7. The summed E-state index contributed by atoms with van der Waals surface area (Å²) >= 11 is 0. The molecule has 0 fully saturated rings. The van der Waals surface area contributed by atoms with Crippen molar-refractivity contribution < 1.29 is 12.9 Å². The summed E-state index contributed by atoms with van der Waals surface area (Å²) in [5.74, 6) is 0. The second-order valence-corrected chi connectivity index (χ2v) is 4.31. The van der Waals surface area contributed by atoms with Gasteiger partial charge in [0.15, 0.2) is 0 Å². The molecule has 0 bridgehead atoms. The Bertz CT molecular complexity index is 418. The monoisotopic (exact) mass is 257 g/mol. The van der Waals surface area contributed by atoms with Gasteiger partial charge in [0.1, 0.15) is 0 Å². The molecule has 6 heteroatoms. The summed E-state index contributed by atoms with van der Waals surface area (Å²) in [7, 11) is 0. The van der Waals surface area contributed by atoms with Gasteiger partial charge in [0.05, 0.1) is 5.69 Å². The van der Waals surface area contributed by atoms with Crippen LogP contribution >= 0.6 is 0 Å². The van der Waals surface area contributed by atoms with Crippen molar-refractivity contribution in [1.82, 2.24) is 9.88 Å². The fourth-order valence-corrected chi connectivity index (χ4v) is 1.59. The molecule has 0 N–H and O–H groups in total. The summed E-state index contributed by atoms with van der Waals surface area (Å²) < 4.78 is 37.4. The van der Waals surface area contributed by atoms with Crippen LogP contribution in [0.5, 0.6) is 0 Å². The smallest absolute Gasteiger partial charge is 0.445 e. The Morgan fingerprint density at radius 1 is 1.39 bits per heavy atom. The van der Waals surface area contributed by atoms with Crippen LogP contribution in [0.15, 0.2) is 30.3 Å².